The maximum Gasteiger partial charge on any atom is 0.323 e. The molecule has 4 unspecified atom stereocenters. The molecule has 6 N–H and O–H groups in total. The SMILES string of the molecule is CC(=O)OCC(CNC(=O)c1c(I)c(NC(=O)Nc2c(I)c(C(=O)NCC(COC(C)=O)OC(C)=O)c(I)c(C(=O)NCC(COC(C)=O)OC(C)=O)c2I)c(I)c(C(=O)NCC(COC(C)=O)OC(C)=O)c1I)OC(C)=O. The largest absolute Gasteiger partial charge is 0.462 e. The fourth-order valence-electron chi connectivity index (χ4n) is 6.10. The molecule has 2 aromatic rings. The van der Waals surface area contributed by atoms with Crippen molar-refractivity contribution in [3.8, 4) is 0 Å². The molecule has 0 aliphatic heterocycles. The van der Waals surface area contributed by atoms with Crippen LogP contribution in [0.2, 0.25) is 0 Å². The monoisotopic (exact) mass is 1770 g/mol. The van der Waals surface area contributed by atoms with Crippen LogP contribution in [0.25, 0.3) is 0 Å². The van der Waals surface area contributed by atoms with Gasteiger partial charge in [0.2, 0.25) is 0 Å². The van der Waals surface area contributed by atoms with Gasteiger partial charge in [0.15, 0.2) is 24.4 Å². The summed E-state index contributed by atoms with van der Waals surface area (Å²) in [4.78, 5) is 165. The minimum Gasteiger partial charge on any atom is -0.462 e. The van der Waals surface area contributed by atoms with Gasteiger partial charge in [-0.15, -0.1) is 0 Å². The zero-order valence-electron chi connectivity index (χ0n) is 42.3. The van der Waals surface area contributed by atoms with E-state index in [1.165, 1.54) is 0 Å². The molecule has 33 heteroatoms. The molecular weight excluding hydrogens is 1720 g/mol. The lowest BCUT2D eigenvalue weighted by Crippen LogP contribution is -2.40. The number of urea groups is 1. The first-order chi connectivity index (χ1) is 36.4. The molecule has 0 aromatic heterocycles. The van der Waals surface area contributed by atoms with Crippen molar-refractivity contribution in [2.24, 2.45) is 0 Å². The maximum absolute atomic E-state index is 14.5. The number of amides is 6. The van der Waals surface area contributed by atoms with Gasteiger partial charge in [0.25, 0.3) is 23.6 Å². The molecule has 2 aromatic carbocycles. The van der Waals surface area contributed by atoms with E-state index in [0.717, 1.165) is 55.4 Å². The standard InChI is InChI=1S/C45H50I6N6O21/c1-17(58)71-13-25(75-21(5)62)9-52-41(66)29-33(46)30(42(67)53-10-26(76-22(6)63)14-72-18(2)59)36(49)39(35(29)48)56-45(70)57-40-37(50)31(43(68)54-11-27(77-23(7)64)15-73-19(3)60)34(47)32(38(40)51)44(69)55-12-28(78-24(8)65)16-74-20(4)61/h25-28H,9-16H2,1-8H3,(H,52,66)(H,53,67)(H,54,68)(H,55,69)(H2,56,57,70). The Hall–Kier alpha value is -4.27. The molecule has 78 heavy (non-hydrogen) atoms. The number of halogens is 6. The summed E-state index contributed by atoms with van der Waals surface area (Å²) in [7, 11) is 0. The minimum atomic E-state index is -1.17. The Bertz CT molecular complexity index is 2370. The average molecular weight is 1770 g/mol. The molecule has 4 atom stereocenters. The summed E-state index contributed by atoms with van der Waals surface area (Å²) in [6.07, 6.45) is -4.66. The molecule has 0 spiro atoms. The number of nitrogens with one attached hydrogen (secondary N) is 6. The summed E-state index contributed by atoms with van der Waals surface area (Å²) in [5.74, 6) is -9.33. The Labute approximate surface area is 526 Å². The Kier molecular flexibility index (Phi) is 30.5. The van der Waals surface area contributed by atoms with Gasteiger partial charge >= 0.3 is 53.8 Å². The number of rotatable bonds is 26. The van der Waals surface area contributed by atoms with Crippen LogP contribution >= 0.6 is 136 Å². The highest BCUT2D eigenvalue weighted by molar-refractivity contribution is 14.1. The van der Waals surface area contributed by atoms with Crippen LogP contribution in [0.3, 0.4) is 0 Å². The van der Waals surface area contributed by atoms with Crippen LogP contribution in [-0.2, 0) is 76.3 Å². The summed E-state index contributed by atoms with van der Waals surface area (Å²) >= 11 is 10.5. The first kappa shape index (κ1) is 69.8. The van der Waals surface area contributed by atoms with E-state index in [2.05, 4.69) is 31.9 Å². The van der Waals surface area contributed by atoms with Crippen LogP contribution in [0.5, 0.6) is 0 Å². The number of carbonyl (C=O) groups excluding carboxylic acids is 13. The zero-order valence-corrected chi connectivity index (χ0v) is 55.3. The first-order valence-electron chi connectivity index (χ1n) is 22.2. The molecule has 0 aliphatic carbocycles. The van der Waals surface area contributed by atoms with Gasteiger partial charge in [-0.3, -0.25) is 57.5 Å². The van der Waals surface area contributed by atoms with Crippen molar-refractivity contribution in [1.29, 1.82) is 0 Å². The topological polar surface area (TPSA) is 368 Å². The van der Waals surface area contributed by atoms with E-state index >= 15 is 0 Å². The molecule has 0 saturated heterocycles. The van der Waals surface area contributed by atoms with Crippen molar-refractivity contribution in [2.45, 2.75) is 79.8 Å². The van der Waals surface area contributed by atoms with Crippen LogP contribution in [0.4, 0.5) is 16.2 Å². The smallest absolute Gasteiger partial charge is 0.323 e. The van der Waals surface area contributed by atoms with Crippen LogP contribution < -0.4 is 31.9 Å². The lowest BCUT2D eigenvalue weighted by atomic mass is 10.1. The molecule has 27 nitrogen and oxygen atoms in total. The second kappa shape index (κ2) is 34.1. The van der Waals surface area contributed by atoms with E-state index in [9.17, 15) is 62.3 Å². The molecule has 0 bridgehead atoms. The molecule has 0 saturated carbocycles. The van der Waals surface area contributed by atoms with Gasteiger partial charge in [-0.1, -0.05) is 0 Å². The Morgan fingerprint density at radius 3 is 0.679 bits per heavy atom. The number of esters is 8. The normalized spacial score (nSPS) is 12.1. The summed E-state index contributed by atoms with van der Waals surface area (Å²) in [5, 5.41) is 15.7. The second-order valence-corrected chi connectivity index (χ2v) is 22.2. The molecule has 0 heterocycles. The van der Waals surface area contributed by atoms with Crippen molar-refractivity contribution in [3.05, 3.63) is 43.7 Å². The van der Waals surface area contributed by atoms with Gasteiger partial charge < -0.3 is 69.8 Å². The van der Waals surface area contributed by atoms with E-state index in [-0.39, 0.29) is 55.0 Å². The molecule has 2 rings (SSSR count). The molecule has 6 amide bonds. The Morgan fingerprint density at radius 1 is 0.321 bits per heavy atom. The molecule has 0 radical (unpaired) electrons. The van der Waals surface area contributed by atoms with Crippen LogP contribution in [-0.4, -0.2) is 154 Å². The molecular formula is C45H50I6N6O21. The van der Waals surface area contributed by atoms with E-state index in [1.807, 2.05) is 0 Å². The zero-order chi connectivity index (χ0) is 59.3. The van der Waals surface area contributed by atoms with E-state index in [4.69, 9.17) is 37.9 Å². The average Bonchev–Trinajstić information content (AvgIpc) is 3.31. The summed E-state index contributed by atoms with van der Waals surface area (Å²) < 4.78 is 41.0. The predicted octanol–water partition coefficient (Wildman–Crippen LogP) is 3.86. The highest BCUT2D eigenvalue weighted by Crippen LogP contribution is 2.38. The molecule has 0 fully saturated rings. The molecule has 0 aliphatic rings. The van der Waals surface area contributed by atoms with Crippen molar-refractivity contribution in [2.75, 3.05) is 63.2 Å². The Balaban J connectivity index is 2.89. The van der Waals surface area contributed by atoms with Crippen LogP contribution in [0.1, 0.15) is 96.8 Å². The fourth-order valence-corrected chi connectivity index (χ4v) is 14.9. The highest BCUT2D eigenvalue weighted by Gasteiger charge is 2.33. The third-order valence-electron chi connectivity index (χ3n) is 9.20. The van der Waals surface area contributed by atoms with E-state index in [0.29, 0.717) is 0 Å². The van der Waals surface area contributed by atoms with Crippen LogP contribution in [0.15, 0.2) is 0 Å². The fraction of sp³-hybridized carbons (Fsp3) is 0.444. The number of hydrogen-bond acceptors (Lipinski definition) is 21. The van der Waals surface area contributed by atoms with E-state index in [1.54, 1.807) is 136 Å². The summed E-state index contributed by atoms with van der Waals surface area (Å²) in [6, 6.07) is -1.07. The second-order valence-electron chi connectivity index (χ2n) is 15.7. The number of hydrogen-bond donors (Lipinski definition) is 6. The first-order valence-corrected chi connectivity index (χ1v) is 28.7. The van der Waals surface area contributed by atoms with Gasteiger partial charge in [0.1, 0.15) is 26.4 Å². The minimum absolute atomic E-state index is 0.0241. The van der Waals surface area contributed by atoms with Gasteiger partial charge in [-0.25, -0.2) is 4.79 Å². The third kappa shape index (κ3) is 23.4. The molecule has 428 valence electrons. The van der Waals surface area contributed by atoms with Crippen molar-refractivity contribution in [1.82, 2.24) is 21.3 Å². The van der Waals surface area contributed by atoms with Gasteiger partial charge in [-0.2, -0.15) is 0 Å². The maximum atomic E-state index is 14.5. The lowest BCUT2D eigenvalue weighted by Gasteiger charge is -2.23. The number of anilines is 2. The van der Waals surface area contributed by atoms with Gasteiger partial charge in [-0.05, 0) is 136 Å². The van der Waals surface area contributed by atoms with E-state index < -0.39 is 154 Å². The number of carbonyl (C=O) groups is 13. The van der Waals surface area contributed by atoms with Crippen molar-refractivity contribution >= 4 is 224 Å². The Morgan fingerprint density at radius 2 is 0.513 bits per heavy atom. The van der Waals surface area contributed by atoms with Crippen molar-refractivity contribution in [3.63, 3.8) is 0 Å². The quantitative estimate of drug-likeness (QED) is 0.0442. The lowest BCUT2D eigenvalue weighted by molar-refractivity contribution is -0.155. The highest BCUT2D eigenvalue weighted by atomic mass is 127. The summed E-state index contributed by atoms with van der Waals surface area (Å²) in [6.45, 7) is 5.50. The van der Waals surface area contributed by atoms with Crippen LogP contribution in [0, 0.1) is 21.4 Å². The predicted molar refractivity (Wildman–Crippen MR) is 320 cm³/mol. The van der Waals surface area contributed by atoms with Crippen molar-refractivity contribution < 1.29 is 100 Å². The number of benzene rings is 2. The van der Waals surface area contributed by atoms with Gasteiger partial charge in [0, 0.05) is 62.5 Å². The van der Waals surface area contributed by atoms with Gasteiger partial charge in [0.05, 0.1) is 74.1 Å². The third-order valence-corrected chi connectivity index (χ3v) is 15.7. The number of ether oxygens (including phenoxy) is 8. The summed E-state index contributed by atoms with van der Waals surface area (Å²) in [5.41, 5.74) is -1.06.